The summed E-state index contributed by atoms with van der Waals surface area (Å²) in [5, 5.41) is 0.713. The molecule has 0 N–H and O–H groups in total. The van der Waals surface area contributed by atoms with Gasteiger partial charge in [-0.2, -0.15) is 0 Å². The van der Waals surface area contributed by atoms with Crippen LogP contribution < -0.4 is 0 Å². The van der Waals surface area contributed by atoms with Crippen LogP contribution in [-0.2, 0) is 4.79 Å². The van der Waals surface area contributed by atoms with Gasteiger partial charge in [0.05, 0.1) is 4.91 Å². The lowest BCUT2D eigenvalue weighted by molar-refractivity contribution is -0.121. The number of rotatable bonds is 3. The Morgan fingerprint density at radius 2 is 1.92 bits per heavy atom. The molecule has 3 rings (SSSR count). The first kappa shape index (κ1) is 17.3. The van der Waals surface area contributed by atoms with Gasteiger partial charge in [0.15, 0.2) is 0 Å². The Morgan fingerprint density at radius 1 is 1.25 bits per heavy atom. The molecular formula is C18H17ClN2OS2. The molecule has 1 amide bonds. The third kappa shape index (κ3) is 3.04. The molecule has 0 bridgehead atoms. The van der Waals surface area contributed by atoms with Crippen molar-refractivity contribution in [3.05, 3.63) is 57.2 Å². The Balaban J connectivity index is 2.01. The van der Waals surface area contributed by atoms with Crippen molar-refractivity contribution in [2.24, 2.45) is 0 Å². The van der Waals surface area contributed by atoms with Crippen LogP contribution in [-0.4, -0.2) is 26.2 Å². The van der Waals surface area contributed by atoms with Crippen LogP contribution in [0.2, 0.25) is 5.02 Å². The molecular weight excluding hydrogens is 360 g/mol. The van der Waals surface area contributed by atoms with Crippen LogP contribution in [0.25, 0.3) is 11.8 Å². The number of likely N-dealkylation sites (N-methyl/N-ethyl adjacent to an activating group) is 1. The summed E-state index contributed by atoms with van der Waals surface area (Å²) in [5.41, 5.74) is 4.26. The Hall–Kier alpha value is -1.56. The van der Waals surface area contributed by atoms with E-state index >= 15 is 0 Å². The minimum Gasteiger partial charge on any atom is -0.318 e. The number of thiocarbonyl (C=S) groups is 1. The van der Waals surface area contributed by atoms with Crippen molar-refractivity contribution < 1.29 is 4.79 Å². The van der Waals surface area contributed by atoms with Gasteiger partial charge in [0.1, 0.15) is 4.32 Å². The summed E-state index contributed by atoms with van der Waals surface area (Å²) in [6, 6.07) is 9.82. The van der Waals surface area contributed by atoms with Gasteiger partial charge in [0.2, 0.25) is 0 Å². The van der Waals surface area contributed by atoms with E-state index in [0.29, 0.717) is 20.8 Å². The molecule has 3 nitrogen and oxygen atoms in total. The minimum atomic E-state index is -0.0104. The van der Waals surface area contributed by atoms with Crippen LogP contribution in [0.4, 0.5) is 0 Å². The van der Waals surface area contributed by atoms with Crippen LogP contribution in [0.5, 0.6) is 0 Å². The second-order valence-electron chi connectivity index (χ2n) is 5.56. The summed E-state index contributed by atoms with van der Waals surface area (Å²) in [6.45, 7) is 6.64. The Labute approximate surface area is 156 Å². The Kier molecular flexibility index (Phi) is 4.85. The van der Waals surface area contributed by atoms with Gasteiger partial charge in [0, 0.05) is 28.6 Å². The lowest BCUT2D eigenvalue weighted by atomic mass is 10.2. The number of nitrogens with zero attached hydrogens (tertiary/aromatic N) is 2. The minimum absolute atomic E-state index is 0.0104. The first-order valence-corrected chi connectivity index (χ1v) is 9.23. The number of amides is 1. The molecule has 1 aliphatic heterocycles. The molecule has 0 atom stereocenters. The Bertz CT molecular complexity index is 853. The van der Waals surface area contributed by atoms with Crippen molar-refractivity contribution in [1.29, 1.82) is 0 Å². The highest BCUT2D eigenvalue weighted by Crippen LogP contribution is 2.33. The first-order chi connectivity index (χ1) is 11.4. The van der Waals surface area contributed by atoms with Crippen molar-refractivity contribution >= 4 is 51.9 Å². The highest BCUT2D eigenvalue weighted by molar-refractivity contribution is 8.26. The highest BCUT2D eigenvalue weighted by atomic mass is 35.5. The second-order valence-corrected chi connectivity index (χ2v) is 7.68. The van der Waals surface area contributed by atoms with Crippen molar-refractivity contribution in [3.8, 4) is 5.69 Å². The maximum atomic E-state index is 12.4. The van der Waals surface area contributed by atoms with Gasteiger partial charge in [-0.05, 0) is 62.7 Å². The number of hydrogen-bond acceptors (Lipinski definition) is 3. The standard InChI is InChI=1S/C18H17ClN2OS2/c1-4-20-17(22)16(24-18(20)23)10-13-9-11(2)21(12(13)3)15-7-5-14(19)6-8-15/h5-10H,4H2,1-3H3/b16-10+. The molecule has 1 saturated heterocycles. The number of thioether (sulfide) groups is 1. The van der Waals surface area contributed by atoms with E-state index in [1.807, 2.05) is 44.2 Å². The molecule has 1 fully saturated rings. The molecule has 1 aliphatic rings. The van der Waals surface area contributed by atoms with E-state index in [9.17, 15) is 4.79 Å². The SMILES string of the molecule is CCN1C(=O)/C(=C\c2cc(C)n(-c3ccc(Cl)cc3)c2C)SC1=S. The van der Waals surface area contributed by atoms with Gasteiger partial charge < -0.3 is 4.57 Å². The van der Waals surface area contributed by atoms with Crippen molar-refractivity contribution in [2.75, 3.05) is 6.54 Å². The predicted octanol–water partition coefficient (Wildman–Crippen LogP) is 4.97. The molecule has 1 aromatic heterocycles. The van der Waals surface area contributed by atoms with Crippen LogP contribution in [0, 0.1) is 13.8 Å². The van der Waals surface area contributed by atoms with E-state index < -0.39 is 0 Å². The van der Waals surface area contributed by atoms with Crippen LogP contribution in [0.15, 0.2) is 35.2 Å². The maximum Gasteiger partial charge on any atom is 0.266 e. The summed E-state index contributed by atoms with van der Waals surface area (Å²) in [4.78, 5) is 14.7. The van der Waals surface area contributed by atoms with Crippen LogP contribution in [0.1, 0.15) is 23.9 Å². The molecule has 0 unspecified atom stereocenters. The molecule has 24 heavy (non-hydrogen) atoms. The summed E-state index contributed by atoms with van der Waals surface area (Å²) in [7, 11) is 0. The van der Waals surface area contributed by atoms with Crippen molar-refractivity contribution in [3.63, 3.8) is 0 Å². The molecule has 1 aromatic carbocycles. The average Bonchev–Trinajstić information content (AvgIpc) is 2.97. The van der Waals surface area contributed by atoms with E-state index in [1.165, 1.54) is 11.8 Å². The van der Waals surface area contributed by atoms with Gasteiger partial charge in [-0.25, -0.2) is 0 Å². The van der Waals surface area contributed by atoms with Gasteiger partial charge in [-0.1, -0.05) is 35.6 Å². The molecule has 124 valence electrons. The molecule has 0 radical (unpaired) electrons. The number of aromatic nitrogens is 1. The number of carbonyl (C=O) groups is 1. The average molecular weight is 377 g/mol. The third-order valence-electron chi connectivity index (χ3n) is 4.03. The van der Waals surface area contributed by atoms with E-state index in [2.05, 4.69) is 17.6 Å². The molecule has 0 spiro atoms. The number of carbonyl (C=O) groups excluding carboxylic acids is 1. The fourth-order valence-corrected chi connectivity index (χ4v) is 4.34. The second kappa shape index (κ2) is 6.75. The van der Waals surface area contributed by atoms with Gasteiger partial charge in [-0.15, -0.1) is 0 Å². The van der Waals surface area contributed by atoms with Crippen LogP contribution >= 0.6 is 35.6 Å². The fourth-order valence-electron chi connectivity index (χ4n) is 2.84. The lowest BCUT2D eigenvalue weighted by Gasteiger charge is -2.10. The zero-order chi connectivity index (χ0) is 17.4. The Morgan fingerprint density at radius 3 is 2.50 bits per heavy atom. The normalized spacial score (nSPS) is 16.5. The summed E-state index contributed by atoms with van der Waals surface area (Å²) in [5.74, 6) is -0.0104. The van der Waals surface area contributed by atoms with Crippen molar-refractivity contribution in [2.45, 2.75) is 20.8 Å². The monoisotopic (exact) mass is 376 g/mol. The summed E-state index contributed by atoms with van der Waals surface area (Å²) in [6.07, 6.45) is 1.93. The van der Waals surface area contributed by atoms with Crippen LogP contribution in [0.3, 0.4) is 0 Å². The zero-order valence-electron chi connectivity index (χ0n) is 13.7. The summed E-state index contributed by atoms with van der Waals surface area (Å²) >= 11 is 12.6. The number of benzene rings is 1. The van der Waals surface area contributed by atoms with Gasteiger partial charge in [0.25, 0.3) is 5.91 Å². The first-order valence-electron chi connectivity index (χ1n) is 7.62. The van der Waals surface area contributed by atoms with Gasteiger partial charge >= 0.3 is 0 Å². The molecule has 6 heteroatoms. The zero-order valence-corrected chi connectivity index (χ0v) is 16.1. The smallest absolute Gasteiger partial charge is 0.266 e. The summed E-state index contributed by atoms with van der Waals surface area (Å²) < 4.78 is 2.78. The third-order valence-corrected chi connectivity index (χ3v) is 5.66. The topological polar surface area (TPSA) is 25.2 Å². The van der Waals surface area contributed by atoms with Gasteiger partial charge in [-0.3, -0.25) is 9.69 Å². The molecule has 2 aromatic rings. The van der Waals surface area contributed by atoms with E-state index in [4.69, 9.17) is 23.8 Å². The van der Waals surface area contributed by atoms with E-state index in [0.717, 1.165) is 22.6 Å². The molecule has 2 heterocycles. The quantitative estimate of drug-likeness (QED) is 0.558. The fraction of sp³-hybridized carbons (Fsp3) is 0.222. The predicted molar refractivity (Wildman–Crippen MR) is 106 cm³/mol. The maximum absolute atomic E-state index is 12.4. The van der Waals surface area contributed by atoms with Crippen molar-refractivity contribution in [1.82, 2.24) is 9.47 Å². The highest BCUT2D eigenvalue weighted by Gasteiger charge is 2.30. The number of hydrogen-bond donors (Lipinski definition) is 0. The molecule has 0 aliphatic carbocycles. The largest absolute Gasteiger partial charge is 0.318 e. The molecule has 0 saturated carbocycles. The lowest BCUT2D eigenvalue weighted by Crippen LogP contribution is -2.27. The van der Waals surface area contributed by atoms with E-state index in [-0.39, 0.29) is 5.91 Å². The number of aryl methyl sites for hydroxylation is 1. The number of halogens is 1. The van der Waals surface area contributed by atoms with E-state index in [1.54, 1.807) is 4.90 Å².